The number of sulfonamides is 1. The number of primary amides is 1. The van der Waals surface area contributed by atoms with Gasteiger partial charge in [-0.2, -0.15) is 0 Å². The zero-order valence-corrected chi connectivity index (χ0v) is 15.7. The smallest absolute Gasteiger partial charge is 0.340 e. The second-order valence-corrected chi connectivity index (χ2v) is 7.80. The van der Waals surface area contributed by atoms with Gasteiger partial charge in [0.2, 0.25) is 0 Å². The number of esters is 1. The molecule has 7 nitrogen and oxygen atoms in total. The Balaban J connectivity index is 2.29. The Morgan fingerprint density at radius 1 is 1.16 bits per heavy atom. The number of nitrogens with two attached hydrogens (primary N) is 1. The molecule has 2 aromatic rings. The van der Waals surface area contributed by atoms with E-state index in [4.69, 9.17) is 17.3 Å². The minimum Gasteiger partial charge on any atom is -0.452 e. The van der Waals surface area contributed by atoms with Gasteiger partial charge in [-0.1, -0.05) is 27.5 Å². The fraction of sp³-hybridized carbons (Fsp3) is 0.0667. The lowest BCUT2D eigenvalue weighted by atomic mass is 10.2. The first-order valence-electron chi connectivity index (χ1n) is 6.72. The first-order chi connectivity index (χ1) is 11.7. The molecule has 0 aromatic heterocycles. The average molecular weight is 448 g/mol. The first kappa shape index (κ1) is 19.2. The van der Waals surface area contributed by atoms with Crippen molar-refractivity contribution in [2.24, 2.45) is 5.73 Å². The normalized spacial score (nSPS) is 11.0. The summed E-state index contributed by atoms with van der Waals surface area (Å²) in [5.74, 6) is -1.80. The molecule has 0 heterocycles. The second kappa shape index (κ2) is 7.85. The molecule has 25 heavy (non-hydrogen) atoms. The molecular formula is C15H12BrClN2O5S. The van der Waals surface area contributed by atoms with Crippen LogP contribution in [0.25, 0.3) is 0 Å². The molecule has 10 heteroatoms. The van der Waals surface area contributed by atoms with Crippen molar-refractivity contribution >= 4 is 55.1 Å². The van der Waals surface area contributed by atoms with Gasteiger partial charge in [0.25, 0.3) is 15.9 Å². The summed E-state index contributed by atoms with van der Waals surface area (Å²) in [6.45, 7) is -0.636. The third kappa shape index (κ3) is 5.18. The standard InChI is InChI=1S/C15H12BrClN2O5S/c16-9-1-3-10(4-2-9)19-25(22,23)11-5-6-13(17)12(7-11)15(21)24-8-14(18)20/h1-7,19H,8H2,(H2,18,20). The van der Waals surface area contributed by atoms with Crippen LogP contribution >= 0.6 is 27.5 Å². The Kier molecular flexibility index (Phi) is 6.04. The van der Waals surface area contributed by atoms with E-state index in [2.05, 4.69) is 25.4 Å². The van der Waals surface area contributed by atoms with Crippen molar-refractivity contribution in [2.45, 2.75) is 4.90 Å². The minimum atomic E-state index is -3.95. The van der Waals surface area contributed by atoms with Gasteiger partial charge in [-0.3, -0.25) is 9.52 Å². The van der Waals surface area contributed by atoms with Crippen LogP contribution in [0.15, 0.2) is 51.8 Å². The first-order valence-corrected chi connectivity index (χ1v) is 9.38. The Labute approximate surface area is 157 Å². The van der Waals surface area contributed by atoms with Crippen LogP contribution in [-0.4, -0.2) is 26.9 Å². The molecule has 0 saturated carbocycles. The fourth-order valence-corrected chi connectivity index (χ4v) is 3.32. The van der Waals surface area contributed by atoms with Crippen molar-refractivity contribution in [3.63, 3.8) is 0 Å². The second-order valence-electron chi connectivity index (χ2n) is 4.80. The number of hydrogen-bond acceptors (Lipinski definition) is 5. The number of hydrogen-bond donors (Lipinski definition) is 2. The molecule has 0 bridgehead atoms. The molecule has 0 atom stereocenters. The van der Waals surface area contributed by atoms with Crippen molar-refractivity contribution in [1.82, 2.24) is 0 Å². The van der Waals surface area contributed by atoms with Gasteiger partial charge in [0, 0.05) is 10.2 Å². The van der Waals surface area contributed by atoms with Gasteiger partial charge in [0.1, 0.15) is 0 Å². The van der Waals surface area contributed by atoms with Crippen molar-refractivity contribution in [3.8, 4) is 0 Å². The number of benzene rings is 2. The summed E-state index contributed by atoms with van der Waals surface area (Å²) in [7, 11) is -3.95. The molecule has 1 amide bonds. The van der Waals surface area contributed by atoms with E-state index in [0.29, 0.717) is 5.69 Å². The molecule has 2 rings (SSSR count). The monoisotopic (exact) mass is 446 g/mol. The third-order valence-corrected chi connectivity index (χ3v) is 5.15. The molecule has 2 aromatic carbocycles. The Hall–Kier alpha value is -2.10. The lowest BCUT2D eigenvalue weighted by Gasteiger charge is -2.10. The number of amides is 1. The lowest BCUT2D eigenvalue weighted by molar-refractivity contribution is -0.121. The van der Waals surface area contributed by atoms with E-state index >= 15 is 0 Å². The van der Waals surface area contributed by atoms with Crippen molar-refractivity contribution in [2.75, 3.05) is 11.3 Å². The molecule has 0 aliphatic carbocycles. The predicted molar refractivity (Wildman–Crippen MR) is 95.9 cm³/mol. The van der Waals surface area contributed by atoms with E-state index in [0.717, 1.165) is 10.5 Å². The van der Waals surface area contributed by atoms with Crippen molar-refractivity contribution in [3.05, 3.63) is 57.5 Å². The topological polar surface area (TPSA) is 116 Å². The van der Waals surface area contributed by atoms with Crippen LogP contribution in [-0.2, 0) is 19.6 Å². The molecule has 0 spiro atoms. The molecule has 0 aliphatic rings. The number of carbonyl (C=O) groups excluding carboxylic acids is 2. The zero-order valence-electron chi connectivity index (χ0n) is 12.5. The fourth-order valence-electron chi connectivity index (χ4n) is 1.77. The van der Waals surface area contributed by atoms with Crippen molar-refractivity contribution < 1.29 is 22.7 Å². The third-order valence-electron chi connectivity index (χ3n) is 2.91. The molecule has 0 saturated heterocycles. The SMILES string of the molecule is NC(=O)COC(=O)c1cc(S(=O)(=O)Nc2ccc(Br)cc2)ccc1Cl. The number of rotatable bonds is 6. The van der Waals surface area contributed by atoms with Crippen molar-refractivity contribution in [1.29, 1.82) is 0 Å². The summed E-state index contributed by atoms with van der Waals surface area (Å²) in [5, 5.41) is -0.0166. The van der Waals surface area contributed by atoms with E-state index in [-0.39, 0.29) is 15.5 Å². The molecule has 0 unspecified atom stereocenters. The highest BCUT2D eigenvalue weighted by atomic mass is 79.9. The van der Waals surface area contributed by atoms with E-state index in [1.54, 1.807) is 24.3 Å². The summed E-state index contributed by atoms with van der Waals surface area (Å²) in [6, 6.07) is 10.0. The molecule has 0 aliphatic heterocycles. The maximum atomic E-state index is 12.4. The number of nitrogens with one attached hydrogen (secondary N) is 1. The highest BCUT2D eigenvalue weighted by molar-refractivity contribution is 9.10. The van der Waals surface area contributed by atoms with Crippen LogP contribution in [0.2, 0.25) is 5.02 Å². The van der Waals surface area contributed by atoms with E-state index < -0.39 is 28.5 Å². The summed E-state index contributed by atoms with van der Waals surface area (Å²) < 4.78 is 32.7. The molecule has 132 valence electrons. The quantitative estimate of drug-likeness (QED) is 0.660. The van der Waals surface area contributed by atoms with Gasteiger partial charge >= 0.3 is 5.97 Å². The van der Waals surface area contributed by atoms with Gasteiger partial charge in [-0.05, 0) is 42.5 Å². The maximum Gasteiger partial charge on any atom is 0.340 e. The van der Waals surface area contributed by atoms with Gasteiger partial charge in [-0.25, -0.2) is 13.2 Å². The number of anilines is 1. The number of halogens is 2. The van der Waals surface area contributed by atoms with Gasteiger partial charge in [0.15, 0.2) is 6.61 Å². The molecule has 3 N–H and O–H groups in total. The Morgan fingerprint density at radius 3 is 2.40 bits per heavy atom. The van der Waals surface area contributed by atoms with Gasteiger partial charge < -0.3 is 10.5 Å². The maximum absolute atomic E-state index is 12.4. The predicted octanol–water partition coefficient (Wildman–Crippen LogP) is 2.55. The summed E-state index contributed by atoms with van der Waals surface area (Å²) in [4.78, 5) is 22.4. The van der Waals surface area contributed by atoms with Gasteiger partial charge in [-0.15, -0.1) is 0 Å². The van der Waals surface area contributed by atoms with E-state index in [1.807, 2.05) is 0 Å². The van der Waals surface area contributed by atoms with E-state index in [9.17, 15) is 18.0 Å². The summed E-state index contributed by atoms with van der Waals surface area (Å²) in [5.41, 5.74) is 5.04. The van der Waals surface area contributed by atoms with Gasteiger partial charge in [0.05, 0.1) is 15.5 Å². The molecular weight excluding hydrogens is 436 g/mol. The summed E-state index contributed by atoms with van der Waals surface area (Å²) >= 11 is 9.15. The Bertz CT molecular complexity index is 916. The largest absolute Gasteiger partial charge is 0.452 e. The van der Waals surface area contributed by atoms with Crippen LogP contribution in [0.1, 0.15) is 10.4 Å². The highest BCUT2D eigenvalue weighted by Crippen LogP contribution is 2.24. The molecule has 0 fully saturated rings. The van der Waals surface area contributed by atoms with Crippen LogP contribution in [0.3, 0.4) is 0 Å². The average Bonchev–Trinajstić information content (AvgIpc) is 2.54. The lowest BCUT2D eigenvalue weighted by Crippen LogP contribution is -2.21. The highest BCUT2D eigenvalue weighted by Gasteiger charge is 2.20. The van der Waals surface area contributed by atoms with Crippen LogP contribution in [0.4, 0.5) is 5.69 Å². The Morgan fingerprint density at radius 2 is 1.80 bits per heavy atom. The van der Waals surface area contributed by atoms with E-state index in [1.165, 1.54) is 12.1 Å². The minimum absolute atomic E-state index is 0.0166. The molecule has 0 radical (unpaired) electrons. The van der Waals surface area contributed by atoms with Crippen LogP contribution in [0, 0.1) is 0 Å². The van der Waals surface area contributed by atoms with Crippen LogP contribution < -0.4 is 10.5 Å². The number of carbonyl (C=O) groups is 2. The number of ether oxygens (including phenoxy) is 1. The summed E-state index contributed by atoms with van der Waals surface area (Å²) in [6.07, 6.45) is 0. The van der Waals surface area contributed by atoms with Crippen LogP contribution in [0.5, 0.6) is 0 Å². The zero-order chi connectivity index (χ0) is 18.6.